The minimum atomic E-state index is -0.196. The van der Waals surface area contributed by atoms with Crippen molar-refractivity contribution in [2.24, 2.45) is 0 Å². The molecule has 0 bridgehead atoms. The van der Waals surface area contributed by atoms with Crippen molar-refractivity contribution in [3.63, 3.8) is 0 Å². The standard InChI is InChI=1S/C21H26N4O2/c1-24(16-17-10-12-22-13-11-17)21(27)23-19-8-6-18(7-9-19)20(26)25-14-4-2-3-5-15-25/h6-13H,2-5,14-16H2,1H3,(H,23,27). The molecule has 1 aliphatic heterocycles. The number of rotatable bonds is 4. The highest BCUT2D eigenvalue weighted by atomic mass is 16.2. The van der Waals surface area contributed by atoms with E-state index in [0.717, 1.165) is 31.5 Å². The number of aromatic nitrogens is 1. The maximum Gasteiger partial charge on any atom is 0.321 e. The molecule has 0 radical (unpaired) electrons. The zero-order valence-corrected chi connectivity index (χ0v) is 15.7. The molecule has 27 heavy (non-hydrogen) atoms. The summed E-state index contributed by atoms with van der Waals surface area (Å²) >= 11 is 0. The van der Waals surface area contributed by atoms with Crippen LogP contribution in [0.25, 0.3) is 0 Å². The summed E-state index contributed by atoms with van der Waals surface area (Å²) in [5.74, 6) is 0.0737. The van der Waals surface area contributed by atoms with E-state index in [1.165, 1.54) is 12.8 Å². The molecule has 0 spiro atoms. The number of benzene rings is 1. The summed E-state index contributed by atoms with van der Waals surface area (Å²) < 4.78 is 0. The van der Waals surface area contributed by atoms with Crippen LogP contribution in [0.5, 0.6) is 0 Å². The van der Waals surface area contributed by atoms with Crippen molar-refractivity contribution < 1.29 is 9.59 Å². The molecule has 1 N–H and O–H groups in total. The van der Waals surface area contributed by atoms with Crippen molar-refractivity contribution >= 4 is 17.6 Å². The summed E-state index contributed by atoms with van der Waals surface area (Å²) in [6, 6.07) is 10.7. The molecule has 6 heteroatoms. The molecule has 142 valence electrons. The van der Waals surface area contributed by atoms with E-state index in [1.54, 1.807) is 48.6 Å². The van der Waals surface area contributed by atoms with Crippen LogP contribution >= 0.6 is 0 Å². The van der Waals surface area contributed by atoms with Crippen LogP contribution in [-0.2, 0) is 6.54 Å². The van der Waals surface area contributed by atoms with E-state index in [4.69, 9.17) is 0 Å². The fourth-order valence-corrected chi connectivity index (χ4v) is 3.21. The zero-order valence-electron chi connectivity index (χ0n) is 15.7. The molecule has 1 aromatic carbocycles. The van der Waals surface area contributed by atoms with Gasteiger partial charge in [0.25, 0.3) is 5.91 Å². The van der Waals surface area contributed by atoms with Gasteiger partial charge in [-0.3, -0.25) is 9.78 Å². The molecule has 6 nitrogen and oxygen atoms in total. The number of likely N-dealkylation sites (tertiary alicyclic amines) is 1. The molecule has 3 rings (SSSR count). The first-order valence-electron chi connectivity index (χ1n) is 9.44. The second-order valence-corrected chi connectivity index (χ2v) is 6.93. The minimum Gasteiger partial charge on any atom is -0.339 e. The second kappa shape index (κ2) is 9.16. The smallest absolute Gasteiger partial charge is 0.321 e. The maximum atomic E-state index is 12.6. The lowest BCUT2D eigenvalue weighted by Gasteiger charge is -2.21. The number of hydrogen-bond acceptors (Lipinski definition) is 3. The third kappa shape index (κ3) is 5.29. The Morgan fingerprint density at radius 2 is 1.63 bits per heavy atom. The van der Waals surface area contributed by atoms with Crippen LogP contribution in [0.1, 0.15) is 41.6 Å². The molecule has 0 aliphatic carbocycles. The second-order valence-electron chi connectivity index (χ2n) is 6.93. The monoisotopic (exact) mass is 366 g/mol. The predicted octanol–water partition coefficient (Wildman–Crippen LogP) is 3.76. The first-order chi connectivity index (χ1) is 13.1. The molecule has 0 unspecified atom stereocenters. The Kier molecular flexibility index (Phi) is 6.41. The fourth-order valence-electron chi connectivity index (χ4n) is 3.21. The summed E-state index contributed by atoms with van der Waals surface area (Å²) in [6.07, 6.45) is 7.96. The Bertz CT molecular complexity index is 754. The van der Waals surface area contributed by atoms with Gasteiger partial charge in [-0.2, -0.15) is 0 Å². The summed E-state index contributed by atoms with van der Waals surface area (Å²) in [7, 11) is 1.74. The van der Waals surface area contributed by atoms with Gasteiger partial charge < -0.3 is 15.1 Å². The summed E-state index contributed by atoms with van der Waals surface area (Å²) in [5.41, 5.74) is 2.36. The van der Waals surface area contributed by atoms with Gasteiger partial charge in [-0.15, -0.1) is 0 Å². The van der Waals surface area contributed by atoms with Crippen LogP contribution in [0.3, 0.4) is 0 Å². The van der Waals surface area contributed by atoms with E-state index in [0.29, 0.717) is 17.8 Å². The highest BCUT2D eigenvalue weighted by molar-refractivity contribution is 5.95. The predicted molar refractivity (Wildman–Crippen MR) is 106 cm³/mol. The van der Waals surface area contributed by atoms with E-state index < -0.39 is 0 Å². The lowest BCUT2D eigenvalue weighted by atomic mass is 10.1. The van der Waals surface area contributed by atoms with Crippen molar-refractivity contribution in [1.82, 2.24) is 14.8 Å². The largest absolute Gasteiger partial charge is 0.339 e. The molecule has 1 fully saturated rings. The number of urea groups is 1. The van der Waals surface area contributed by atoms with Crippen molar-refractivity contribution in [1.29, 1.82) is 0 Å². The third-order valence-electron chi connectivity index (χ3n) is 4.79. The lowest BCUT2D eigenvalue weighted by Crippen LogP contribution is -2.32. The molecule has 0 atom stereocenters. The number of nitrogens with zero attached hydrogens (tertiary/aromatic N) is 3. The Morgan fingerprint density at radius 3 is 2.26 bits per heavy atom. The molecule has 1 aromatic heterocycles. The number of amides is 3. The van der Waals surface area contributed by atoms with Crippen molar-refractivity contribution in [3.8, 4) is 0 Å². The summed E-state index contributed by atoms with van der Waals surface area (Å²) in [6.45, 7) is 2.16. The first-order valence-corrected chi connectivity index (χ1v) is 9.44. The molecule has 2 aromatic rings. The van der Waals surface area contributed by atoms with Gasteiger partial charge in [0.2, 0.25) is 0 Å². The molecule has 1 saturated heterocycles. The SMILES string of the molecule is CN(Cc1ccncc1)C(=O)Nc1ccc(C(=O)N2CCCCCC2)cc1. The zero-order chi connectivity index (χ0) is 19.1. The quantitative estimate of drug-likeness (QED) is 0.896. The molecular weight excluding hydrogens is 340 g/mol. The lowest BCUT2D eigenvalue weighted by molar-refractivity contribution is 0.0761. The minimum absolute atomic E-state index is 0.0737. The number of anilines is 1. The Hall–Kier alpha value is -2.89. The van der Waals surface area contributed by atoms with Crippen molar-refractivity contribution in [2.75, 3.05) is 25.5 Å². The fraction of sp³-hybridized carbons (Fsp3) is 0.381. The Balaban J connectivity index is 1.56. The average Bonchev–Trinajstić information content (AvgIpc) is 2.98. The van der Waals surface area contributed by atoms with E-state index in [2.05, 4.69) is 10.3 Å². The van der Waals surface area contributed by atoms with Crippen LogP contribution in [-0.4, -0.2) is 46.9 Å². The molecule has 0 saturated carbocycles. The van der Waals surface area contributed by atoms with Gasteiger partial charge in [0, 0.05) is 50.3 Å². The number of nitrogens with one attached hydrogen (secondary N) is 1. The van der Waals surface area contributed by atoms with Crippen LogP contribution in [0.2, 0.25) is 0 Å². The maximum absolute atomic E-state index is 12.6. The molecule has 1 aliphatic rings. The third-order valence-corrected chi connectivity index (χ3v) is 4.79. The molecular formula is C21H26N4O2. The van der Waals surface area contributed by atoms with E-state index >= 15 is 0 Å². The summed E-state index contributed by atoms with van der Waals surface area (Å²) in [5, 5.41) is 2.86. The van der Waals surface area contributed by atoms with Crippen LogP contribution < -0.4 is 5.32 Å². The Morgan fingerprint density at radius 1 is 1.00 bits per heavy atom. The van der Waals surface area contributed by atoms with E-state index in [9.17, 15) is 9.59 Å². The van der Waals surface area contributed by atoms with Crippen LogP contribution in [0, 0.1) is 0 Å². The number of hydrogen-bond donors (Lipinski definition) is 1. The number of pyridine rings is 1. The van der Waals surface area contributed by atoms with Crippen molar-refractivity contribution in [2.45, 2.75) is 32.2 Å². The van der Waals surface area contributed by atoms with Crippen LogP contribution in [0.4, 0.5) is 10.5 Å². The topological polar surface area (TPSA) is 65.5 Å². The van der Waals surface area contributed by atoms with Gasteiger partial charge in [-0.05, 0) is 54.8 Å². The summed E-state index contributed by atoms with van der Waals surface area (Å²) in [4.78, 5) is 32.5. The highest BCUT2D eigenvalue weighted by Gasteiger charge is 2.17. The van der Waals surface area contributed by atoms with Gasteiger partial charge >= 0.3 is 6.03 Å². The average molecular weight is 366 g/mol. The first kappa shape index (κ1) is 18.9. The van der Waals surface area contributed by atoms with Gasteiger partial charge in [-0.1, -0.05) is 12.8 Å². The van der Waals surface area contributed by atoms with E-state index in [-0.39, 0.29) is 11.9 Å². The van der Waals surface area contributed by atoms with Gasteiger partial charge in [0.05, 0.1) is 0 Å². The van der Waals surface area contributed by atoms with Crippen LogP contribution in [0.15, 0.2) is 48.8 Å². The van der Waals surface area contributed by atoms with Gasteiger partial charge in [-0.25, -0.2) is 4.79 Å². The van der Waals surface area contributed by atoms with Gasteiger partial charge in [0.1, 0.15) is 0 Å². The molecule has 2 heterocycles. The van der Waals surface area contributed by atoms with Gasteiger partial charge in [0.15, 0.2) is 0 Å². The normalized spacial score (nSPS) is 14.3. The molecule has 3 amide bonds. The highest BCUT2D eigenvalue weighted by Crippen LogP contribution is 2.16. The number of carbonyl (C=O) groups is 2. The number of carbonyl (C=O) groups excluding carboxylic acids is 2. The van der Waals surface area contributed by atoms with Crippen molar-refractivity contribution in [3.05, 3.63) is 59.9 Å². The Labute approximate surface area is 160 Å². The van der Waals surface area contributed by atoms with E-state index in [1.807, 2.05) is 17.0 Å².